The average molecular weight is 419 g/mol. The van der Waals surface area contributed by atoms with Gasteiger partial charge in [0.05, 0.1) is 24.1 Å². The topological polar surface area (TPSA) is 75.7 Å². The van der Waals surface area contributed by atoms with Crippen LogP contribution in [0.25, 0.3) is 0 Å². The number of benzene rings is 1. The number of nitrogens with one attached hydrogen (secondary N) is 1. The Morgan fingerprint density at radius 2 is 2.00 bits per heavy atom. The fourth-order valence-corrected chi connectivity index (χ4v) is 4.36. The quantitative estimate of drug-likeness (QED) is 0.592. The molecule has 0 bridgehead atoms. The van der Waals surface area contributed by atoms with Crippen LogP contribution in [-0.2, 0) is 14.8 Å². The van der Waals surface area contributed by atoms with Gasteiger partial charge in [0.1, 0.15) is 11.8 Å². The number of anilines is 1. The molecule has 27 heavy (non-hydrogen) atoms. The summed E-state index contributed by atoms with van der Waals surface area (Å²) in [6.07, 6.45) is 5.32. The molecule has 1 rings (SSSR count). The summed E-state index contributed by atoms with van der Waals surface area (Å²) in [5, 5.41) is 3.18. The molecule has 0 fully saturated rings. The molecule has 0 aliphatic heterocycles. The molecule has 0 radical (unpaired) electrons. The van der Waals surface area contributed by atoms with Gasteiger partial charge in [0.25, 0.3) is 0 Å². The number of amides is 1. The van der Waals surface area contributed by atoms with E-state index in [0.29, 0.717) is 23.9 Å². The number of methoxy groups -OCH3 is 1. The maximum atomic E-state index is 12.6. The molecular weight excluding hydrogens is 388 g/mol. The summed E-state index contributed by atoms with van der Waals surface area (Å²) >= 11 is 6.13. The minimum atomic E-state index is -3.68. The van der Waals surface area contributed by atoms with E-state index in [1.165, 1.54) is 13.2 Å². The van der Waals surface area contributed by atoms with Gasteiger partial charge in [-0.15, -0.1) is 0 Å². The highest BCUT2D eigenvalue weighted by Crippen LogP contribution is 2.31. The fraction of sp³-hybridized carbons (Fsp3) is 0.632. The van der Waals surface area contributed by atoms with Crippen molar-refractivity contribution in [2.75, 3.05) is 24.2 Å². The highest BCUT2D eigenvalue weighted by molar-refractivity contribution is 7.92. The second-order valence-corrected chi connectivity index (χ2v) is 8.98. The monoisotopic (exact) mass is 418 g/mol. The predicted octanol–water partition coefficient (Wildman–Crippen LogP) is 3.84. The van der Waals surface area contributed by atoms with E-state index >= 15 is 0 Å². The molecule has 0 aliphatic carbocycles. The first-order chi connectivity index (χ1) is 12.6. The molecule has 0 heterocycles. The van der Waals surface area contributed by atoms with Crippen molar-refractivity contribution in [1.29, 1.82) is 0 Å². The minimum Gasteiger partial charge on any atom is -0.495 e. The Bertz CT molecular complexity index is 724. The van der Waals surface area contributed by atoms with Gasteiger partial charge < -0.3 is 10.1 Å². The summed E-state index contributed by atoms with van der Waals surface area (Å²) in [6, 6.07) is 3.75. The molecule has 0 saturated carbocycles. The van der Waals surface area contributed by atoms with Crippen molar-refractivity contribution >= 4 is 33.2 Å². The Balaban J connectivity index is 2.97. The van der Waals surface area contributed by atoms with E-state index in [4.69, 9.17) is 16.3 Å². The molecule has 1 amide bonds. The van der Waals surface area contributed by atoms with Crippen molar-refractivity contribution in [3.63, 3.8) is 0 Å². The molecule has 2 atom stereocenters. The third-order valence-corrected chi connectivity index (χ3v) is 6.12. The van der Waals surface area contributed by atoms with Gasteiger partial charge >= 0.3 is 0 Å². The number of hydrogen-bond donors (Lipinski definition) is 1. The lowest BCUT2D eigenvalue weighted by molar-refractivity contribution is -0.122. The molecule has 0 aromatic heterocycles. The highest BCUT2D eigenvalue weighted by Gasteiger charge is 2.29. The van der Waals surface area contributed by atoms with E-state index in [-0.39, 0.29) is 10.9 Å². The Morgan fingerprint density at radius 3 is 2.48 bits per heavy atom. The van der Waals surface area contributed by atoms with E-state index < -0.39 is 16.1 Å². The first-order valence-corrected chi connectivity index (χ1v) is 11.5. The van der Waals surface area contributed by atoms with Crippen LogP contribution in [0.3, 0.4) is 0 Å². The average Bonchev–Trinajstić information content (AvgIpc) is 2.60. The van der Waals surface area contributed by atoms with Crippen LogP contribution in [0, 0.1) is 5.92 Å². The summed E-state index contributed by atoms with van der Waals surface area (Å²) in [5.41, 5.74) is 0.323. The summed E-state index contributed by atoms with van der Waals surface area (Å²) in [7, 11) is -2.20. The van der Waals surface area contributed by atoms with E-state index in [9.17, 15) is 13.2 Å². The van der Waals surface area contributed by atoms with E-state index in [0.717, 1.165) is 36.2 Å². The van der Waals surface area contributed by atoms with Crippen molar-refractivity contribution in [2.45, 2.75) is 52.5 Å². The Hall–Kier alpha value is -1.47. The molecule has 154 valence electrons. The predicted molar refractivity (Wildman–Crippen MR) is 111 cm³/mol. The Labute approximate surface area is 168 Å². The number of nitrogens with zero attached hydrogens (tertiary/aromatic N) is 1. The van der Waals surface area contributed by atoms with Gasteiger partial charge in [-0.05, 0) is 37.5 Å². The van der Waals surface area contributed by atoms with Gasteiger partial charge in [0.2, 0.25) is 15.9 Å². The third kappa shape index (κ3) is 6.88. The minimum absolute atomic E-state index is 0.280. The molecule has 1 N–H and O–H groups in total. The van der Waals surface area contributed by atoms with Gasteiger partial charge in [-0.1, -0.05) is 44.7 Å². The number of carbonyl (C=O) groups is 1. The summed E-state index contributed by atoms with van der Waals surface area (Å²) in [6.45, 7) is 6.34. The van der Waals surface area contributed by atoms with Crippen molar-refractivity contribution in [3.8, 4) is 5.75 Å². The molecule has 6 nitrogen and oxygen atoms in total. The summed E-state index contributed by atoms with van der Waals surface area (Å²) < 4.78 is 30.9. The number of hydrogen-bond acceptors (Lipinski definition) is 4. The summed E-state index contributed by atoms with van der Waals surface area (Å²) in [5.74, 6) is 0.498. The molecule has 0 unspecified atom stereocenters. The lowest BCUT2D eigenvalue weighted by Gasteiger charge is -2.29. The SMILES string of the molecule is CCCC[C@H](CC)CNC(=O)[C@H](C)N(c1ccc(OC)c(Cl)c1)S(C)(=O)=O. The van der Waals surface area contributed by atoms with Crippen molar-refractivity contribution in [1.82, 2.24) is 5.32 Å². The van der Waals surface area contributed by atoms with E-state index in [2.05, 4.69) is 19.2 Å². The molecule has 0 saturated heterocycles. The van der Waals surface area contributed by atoms with Crippen LogP contribution in [0.4, 0.5) is 5.69 Å². The molecular formula is C19H31ClN2O4S. The van der Waals surface area contributed by atoms with Crippen LogP contribution in [0.15, 0.2) is 18.2 Å². The van der Waals surface area contributed by atoms with Crippen LogP contribution < -0.4 is 14.4 Å². The maximum absolute atomic E-state index is 12.6. The Kier molecular flexibility index (Phi) is 9.39. The zero-order chi connectivity index (χ0) is 20.6. The first kappa shape index (κ1) is 23.6. The number of rotatable bonds is 11. The number of ether oxygens (including phenoxy) is 1. The highest BCUT2D eigenvalue weighted by atomic mass is 35.5. The molecule has 0 aliphatic rings. The number of sulfonamides is 1. The number of unbranched alkanes of at least 4 members (excludes halogenated alkanes) is 1. The molecule has 1 aromatic carbocycles. The lowest BCUT2D eigenvalue weighted by atomic mass is 9.99. The maximum Gasteiger partial charge on any atom is 0.243 e. The standard InChI is InChI=1S/C19H31ClN2O4S/c1-6-8-9-15(7-2)13-21-19(23)14(3)22(27(5,24)25)16-10-11-18(26-4)17(20)12-16/h10-12,14-15H,6-9,13H2,1-5H3,(H,21,23)/t14-,15-/m0/s1. The van der Waals surface area contributed by atoms with Gasteiger partial charge in [-0.25, -0.2) is 8.42 Å². The fourth-order valence-electron chi connectivity index (χ4n) is 2.94. The molecule has 0 spiro atoms. The second kappa shape index (κ2) is 10.8. The second-order valence-electron chi connectivity index (χ2n) is 6.72. The zero-order valence-corrected chi connectivity index (χ0v) is 18.4. The van der Waals surface area contributed by atoms with E-state index in [1.807, 2.05) is 0 Å². The van der Waals surface area contributed by atoms with Crippen molar-refractivity contribution < 1.29 is 17.9 Å². The molecule has 8 heteroatoms. The van der Waals surface area contributed by atoms with Crippen LogP contribution in [-0.4, -0.2) is 40.3 Å². The van der Waals surface area contributed by atoms with Gasteiger partial charge in [-0.3, -0.25) is 9.10 Å². The van der Waals surface area contributed by atoms with Crippen LogP contribution in [0.2, 0.25) is 5.02 Å². The van der Waals surface area contributed by atoms with Crippen LogP contribution >= 0.6 is 11.6 Å². The first-order valence-electron chi connectivity index (χ1n) is 9.26. The third-order valence-electron chi connectivity index (χ3n) is 4.59. The largest absolute Gasteiger partial charge is 0.495 e. The normalized spacial score (nSPS) is 13.7. The number of carbonyl (C=O) groups excluding carboxylic acids is 1. The smallest absolute Gasteiger partial charge is 0.243 e. The molecule has 1 aromatic rings. The van der Waals surface area contributed by atoms with Gasteiger partial charge in [-0.2, -0.15) is 0 Å². The van der Waals surface area contributed by atoms with Crippen LogP contribution in [0.5, 0.6) is 5.75 Å². The summed E-state index contributed by atoms with van der Waals surface area (Å²) in [4.78, 5) is 12.6. The van der Waals surface area contributed by atoms with Crippen molar-refractivity contribution in [2.24, 2.45) is 5.92 Å². The lowest BCUT2D eigenvalue weighted by Crippen LogP contribution is -2.48. The van der Waals surface area contributed by atoms with Crippen molar-refractivity contribution in [3.05, 3.63) is 23.2 Å². The van der Waals surface area contributed by atoms with Crippen LogP contribution in [0.1, 0.15) is 46.5 Å². The van der Waals surface area contributed by atoms with E-state index in [1.54, 1.807) is 19.1 Å². The Morgan fingerprint density at radius 1 is 1.33 bits per heavy atom. The van der Waals surface area contributed by atoms with Gasteiger partial charge in [0.15, 0.2) is 0 Å². The number of halogens is 1. The zero-order valence-electron chi connectivity index (χ0n) is 16.8. The van der Waals surface area contributed by atoms with Gasteiger partial charge in [0, 0.05) is 6.54 Å².